The van der Waals surface area contributed by atoms with Gasteiger partial charge in [0.25, 0.3) is 0 Å². The molecular formula is C15H23NO3. The molecule has 19 heavy (non-hydrogen) atoms. The van der Waals surface area contributed by atoms with E-state index in [4.69, 9.17) is 15.2 Å². The first-order chi connectivity index (χ1) is 9.06. The molecule has 1 rings (SSSR count). The molecule has 0 aliphatic carbocycles. The number of rotatable bonds is 7. The zero-order valence-electron chi connectivity index (χ0n) is 11.9. The molecule has 0 amide bonds. The zero-order chi connectivity index (χ0) is 14.3. The monoisotopic (exact) mass is 265 g/mol. The molecule has 0 fully saturated rings. The van der Waals surface area contributed by atoms with Crippen molar-refractivity contribution in [2.75, 3.05) is 18.9 Å². The number of benzene rings is 1. The van der Waals surface area contributed by atoms with E-state index in [9.17, 15) is 4.79 Å². The maximum Gasteiger partial charge on any atom is 0.338 e. The molecule has 4 nitrogen and oxygen atoms in total. The minimum absolute atomic E-state index is 0.351. The molecule has 0 saturated heterocycles. The van der Waals surface area contributed by atoms with Crippen LogP contribution in [0.1, 0.15) is 44.0 Å². The number of esters is 1. The lowest BCUT2D eigenvalue weighted by molar-refractivity contribution is 0.0443. The molecule has 0 bridgehead atoms. The van der Waals surface area contributed by atoms with Gasteiger partial charge in [0, 0.05) is 11.8 Å². The van der Waals surface area contributed by atoms with Crippen molar-refractivity contribution in [1.29, 1.82) is 0 Å². The number of ether oxygens (including phenoxy) is 2. The molecule has 1 aromatic rings. The second-order valence-electron chi connectivity index (χ2n) is 4.72. The van der Waals surface area contributed by atoms with Crippen molar-refractivity contribution >= 4 is 11.7 Å². The van der Waals surface area contributed by atoms with E-state index < -0.39 is 0 Å². The molecule has 0 spiro atoms. The smallest absolute Gasteiger partial charge is 0.338 e. The third kappa shape index (κ3) is 5.20. The maximum absolute atomic E-state index is 11.9. The minimum atomic E-state index is -0.351. The highest BCUT2D eigenvalue weighted by molar-refractivity contribution is 5.91. The van der Waals surface area contributed by atoms with E-state index in [1.165, 1.54) is 0 Å². The first-order valence-electron chi connectivity index (χ1n) is 6.77. The third-order valence-electron chi connectivity index (χ3n) is 2.76. The van der Waals surface area contributed by atoms with Crippen LogP contribution >= 0.6 is 0 Å². The molecule has 0 aromatic heterocycles. The molecule has 106 valence electrons. The fourth-order valence-electron chi connectivity index (χ4n) is 1.87. The van der Waals surface area contributed by atoms with Gasteiger partial charge in [0.2, 0.25) is 0 Å². The lowest BCUT2D eigenvalue weighted by atomic mass is 10.1. The summed E-state index contributed by atoms with van der Waals surface area (Å²) >= 11 is 0. The van der Waals surface area contributed by atoms with Crippen LogP contribution in [0.15, 0.2) is 18.2 Å². The lowest BCUT2D eigenvalue weighted by Gasteiger charge is -2.12. The van der Waals surface area contributed by atoms with Gasteiger partial charge in [0.05, 0.1) is 18.8 Å². The van der Waals surface area contributed by atoms with Gasteiger partial charge in [-0.2, -0.15) is 0 Å². The average Bonchev–Trinajstić information content (AvgIpc) is 2.36. The predicted molar refractivity (Wildman–Crippen MR) is 76.4 cm³/mol. The van der Waals surface area contributed by atoms with E-state index in [0.29, 0.717) is 36.1 Å². The Labute approximate surface area is 114 Å². The van der Waals surface area contributed by atoms with Gasteiger partial charge in [-0.05, 0) is 31.4 Å². The summed E-state index contributed by atoms with van der Waals surface area (Å²) in [7, 11) is 0. The van der Waals surface area contributed by atoms with Crippen molar-refractivity contribution in [3.63, 3.8) is 0 Å². The Kier molecular flexibility index (Phi) is 6.19. The molecule has 0 aliphatic heterocycles. The first-order valence-corrected chi connectivity index (χ1v) is 6.77. The first kappa shape index (κ1) is 15.3. The Bertz CT molecular complexity index is 418. The molecule has 0 heterocycles. The quantitative estimate of drug-likeness (QED) is 0.607. The van der Waals surface area contributed by atoms with E-state index >= 15 is 0 Å². The van der Waals surface area contributed by atoms with Gasteiger partial charge in [0.1, 0.15) is 5.75 Å². The number of carbonyl (C=O) groups is 1. The van der Waals surface area contributed by atoms with Crippen molar-refractivity contribution in [3.05, 3.63) is 23.8 Å². The molecule has 2 N–H and O–H groups in total. The van der Waals surface area contributed by atoms with E-state index in [1.54, 1.807) is 18.2 Å². The SMILES string of the molecule is CCCC(C)COC(=O)c1cc(N)cc(OCC)c1. The summed E-state index contributed by atoms with van der Waals surface area (Å²) in [5.41, 5.74) is 6.68. The van der Waals surface area contributed by atoms with Crippen LogP contribution in [0.3, 0.4) is 0 Å². The Morgan fingerprint density at radius 1 is 1.32 bits per heavy atom. The Balaban J connectivity index is 2.65. The van der Waals surface area contributed by atoms with Gasteiger partial charge < -0.3 is 15.2 Å². The fraction of sp³-hybridized carbons (Fsp3) is 0.533. The van der Waals surface area contributed by atoms with Crippen LogP contribution in [0.5, 0.6) is 5.75 Å². The summed E-state index contributed by atoms with van der Waals surface area (Å²) in [5.74, 6) is 0.619. The van der Waals surface area contributed by atoms with Crippen LogP contribution in [-0.4, -0.2) is 19.2 Å². The molecule has 1 atom stereocenters. The maximum atomic E-state index is 11.9. The minimum Gasteiger partial charge on any atom is -0.494 e. The predicted octanol–water partition coefficient (Wildman–Crippen LogP) is 3.26. The van der Waals surface area contributed by atoms with Gasteiger partial charge in [0.15, 0.2) is 0 Å². The van der Waals surface area contributed by atoms with Crippen molar-refractivity contribution < 1.29 is 14.3 Å². The molecule has 4 heteroatoms. The Morgan fingerprint density at radius 2 is 2.05 bits per heavy atom. The van der Waals surface area contributed by atoms with Gasteiger partial charge in [-0.25, -0.2) is 4.79 Å². The zero-order valence-corrected chi connectivity index (χ0v) is 11.9. The number of carbonyl (C=O) groups excluding carboxylic acids is 1. The van der Waals surface area contributed by atoms with Crippen LogP contribution in [0.25, 0.3) is 0 Å². The number of hydrogen-bond donors (Lipinski definition) is 1. The Hall–Kier alpha value is -1.71. The van der Waals surface area contributed by atoms with Gasteiger partial charge in [-0.3, -0.25) is 0 Å². The summed E-state index contributed by atoms with van der Waals surface area (Å²) in [4.78, 5) is 11.9. The second kappa shape index (κ2) is 7.67. The van der Waals surface area contributed by atoms with E-state index in [0.717, 1.165) is 12.8 Å². The van der Waals surface area contributed by atoms with Gasteiger partial charge in [-0.15, -0.1) is 0 Å². The summed E-state index contributed by atoms with van der Waals surface area (Å²) in [6, 6.07) is 4.96. The number of nitrogen functional groups attached to an aromatic ring is 1. The van der Waals surface area contributed by atoms with Crippen molar-refractivity contribution in [1.82, 2.24) is 0 Å². The summed E-state index contributed by atoms with van der Waals surface area (Å²) < 4.78 is 10.6. The van der Waals surface area contributed by atoms with Gasteiger partial charge in [-0.1, -0.05) is 20.3 Å². The standard InChI is InChI=1S/C15H23NO3/c1-4-6-11(3)10-19-15(17)12-7-13(16)9-14(8-12)18-5-2/h7-9,11H,4-6,10,16H2,1-3H3. The Morgan fingerprint density at radius 3 is 2.68 bits per heavy atom. The number of nitrogens with two attached hydrogens (primary N) is 1. The highest BCUT2D eigenvalue weighted by atomic mass is 16.5. The summed E-state index contributed by atoms with van der Waals surface area (Å²) in [5, 5.41) is 0. The highest BCUT2D eigenvalue weighted by Gasteiger charge is 2.11. The summed E-state index contributed by atoms with van der Waals surface area (Å²) in [6.45, 7) is 7.04. The average molecular weight is 265 g/mol. The normalized spacial score (nSPS) is 11.9. The van der Waals surface area contributed by atoms with Crippen LogP contribution in [0.4, 0.5) is 5.69 Å². The van der Waals surface area contributed by atoms with E-state index in [2.05, 4.69) is 13.8 Å². The van der Waals surface area contributed by atoms with Crippen molar-refractivity contribution in [2.45, 2.75) is 33.6 Å². The molecule has 0 aliphatic rings. The highest BCUT2D eigenvalue weighted by Crippen LogP contribution is 2.20. The van der Waals surface area contributed by atoms with Crippen molar-refractivity contribution in [2.24, 2.45) is 5.92 Å². The number of hydrogen-bond acceptors (Lipinski definition) is 4. The molecule has 0 radical (unpaired) electrons. The topological polar surface area (TPSA) is 61.5 Å². The molecular weight excluding hydrogens is 242 g/mol. The number of anilines is 1. The van der Waals surface area contributed by atoms with Crippen molar-refractivity contribution in [3.8, 4) is 5.75 Å². The lowest BCUT2D eigenvalue weighted by Crippen LogP contribution is -2.12. The molecule has 1 unspecified atom stereocenters. The van der Waals surface area contributed by atoms with E-state index in [-0.39, 0.29) is 5.97 Å². The van der Waals surface area contributed by atoms with E-state index in [1.807, 2.05) is 6.92 Å². The summed E-state index contributed by atoms with van der Waals surface area (Å²) in [6.07, 6.45) is 2.14. The van der Waals surface area contributed by atoms with Crippen LogP contribution in [0.2, 0.25) is 0 Å². The third-order valence-corrected chi connectivity index (χ3v) is 2.76. The second-order valence-corrected chi connectivity index (χ2v) is 4.72. The largest absolute Gasteiger partial charge is 0.494 e. The van der Waals surface area contributed by atoms with Gasteiger partial charge >= 0.3 is 5.97 Å². The fourth-order valence-corrected chi connectivity index (χ4v) is 1.87. The molecule has 1 aromatic carbocycles. The van der Waals surface area contributed by atoms with Crippen LogP contribution in [-0.2, 0) is 4.74 Å². The van der Waals surface area contributed by atoms with Crippen LogP contribution in [0, 0.1) is 5.92 Å². The molecule has 0 saturated carbocycles. The van der Waals surface area contributed by atoms with Crippen LogP contribution < -0.4 is 10.5 Å².